The Hall–Kier alpha value is -1.29. The van der Waals surface area contributed by atoms with E-state index >= 15 is 0 Å². The highest BCUT2D eigenvalue weighted by molar-refractivity contribution is 6.39. The molecule has 146 valence electrons. The van der Waals surface area contributed by atoms with Gasteiger partial charge in [0, 0.05) is 36.7 Å². The van der Waals surface area contributed by atoms with Crippen molar-refractivity contribution in [3.8, 4) is 11.3 Å². The van der Waals surface area contributed by atoms with Gasteiger partial charge >= 0.3 is 0 Å². The standard InChI is InChI=1S/C22H28Cl2N2O/c1-4-12-26(14-15(3)5-2)13-11-17-21(25-27-22(17)16-9-10-16)20-18(23)7-6-8-19(20)24/h4,6-8,15-16H,1,5,9-14H2,2-3H3. The second-order valence-electron chi connectivity index (χ2n) is 7.56. The lowest BCUT2D eigenvalue weighted by atomic mass is 10.0. The minimum Gasteiger partial charge on any atom is -0.360 e. The molecule has 1 heterocycles. The molecule has 1 aromatic carbocycles. The zero-order valence-corrected chi connectivity index (χ0v) is 17.7. The molecular weight excluding hydrogens is 379 g/mol. The summed E-state index contributed by atoms with van der Waals surface area (Å²) in [5.41, 5.74) is 2.74. The Labute approximate surface area is 172 Å². The average molecular weight is 407 g/mol. The predicted octanol–water partition coefficient (Wildman–Crippen LogP) is 6.60. The number of halogens is 2. The van der Waals surface area contributed by atoms with Crippen LogP contribution in [0.3, 0.4) is 0 Å². The van der Waals surface area contributed by atoms with Crippen molar-refractivity contribution in [1.82, 2.24) is 10.1 Å². The summed E-state index contributed by atoms with van der Waals surface area (Å²) in [5.74, 6) is 2.17. The molecule has 3 nitrogen and oxygen atoms in total. The predicted molar refractivity (Wildman–Crippen MR) is 114 cm³/mol. The van der Waals surface area contributed by atoms with Crippen molar-refractivity contribution < 1.29 is 4.52 Å². The van der Waals surface area contributed by atoms with Crippen molar-refractivity contribution in [3.63, 3.8) is 0 Å². The van der Waals surface area contributed by atoms with Crippen LogP contribution in [0.2, 0.25) is 10.0 Å². The molecule has 0 radical (unpaired) electrons. The monoisotopic (exact) mass is 406 g/mol. The molecule has 5 heteroatoms. The van der Waals surface area contributed by atoms with Gasteiger partial charge in [-0.2, -0.15) is 0 Å². The van der Waals surface area contributed by atoms with Crippen molar-refractivity contribution in [1.29, 1.82) is 0 Å². The van der Waals surface area contributed by atoms with Gasteiger partial charge in [-0.25, -0.2) is 0 Å². The molecule has 1 aliphatic carbocycles. The number of hydrogen-bond acceptors (Lipinski definition) is 3. The van der Waals surface area contributed by atoms with Gasteiger partial charge < -0.3 is 4.52 Å². The second-order valence-corrected chi connectivity index (χ2v) is 8.37. The highest BCUT2D eigenvalue weighted by Gasteiger charge is 2.33. The van der Waals surface area contributed by atoms with Crippen LogP contribution in [0.4, 0.5) is 0 Å². The molecule has 27 heavy (non-hydrogen) atoms. The van der Waals surface area contributed by atoms with E-state index in [4.69, 9.17) is 27.7 Å². The van der Waals surface area contributed by atoms with Gasteiger partial charge in [-0.15, -0.1) is 6.58 Å². The summed E-state index contributed by atoms with van der Waals surface area (Å²) >= 11 is 12.9. The van der Waals surface area contributed by atoms with Gasteiger partial charge in [-0.05, 0) is 37.3 Å². The Kier molecular flexibility index (Phi) is 7.02. The Bertz CT molecular complexity index is 762. The first-order valence-electron chi connectivity index (χ1n) is 9.81. The Morgan fingerprint density at radius 2 is 2.04 bits per heavy atom. The van der Waals surface area contributed by atoms with Gasteiger partial charge in [0.05, 0.1) is 10.0 Å². The molecular formula is C22H28Cl2N2O. The fourth-order valence-corrected chi connectivity index (χ4v) is 4.01. The molecule has 1 unspecified atom stereocenters. The third-order valence-corrected chi connectivity index (χ3v) is 5.93. The maximum Gasteiger partial charge on any atom is 0.143 e. The summed E-state index contributed by atoms with van der Waals surface area (Å²) in [7, 11) is 0. The van der Waals surface area contributed by atoms with E-state index in [1.165, 1.54) is 19.3 Å². The van der Waals surface area contributed by atoms with E-state index in [9.17, 15) is 0 Å². The van der Waals surface area contributed by atoms with Crippen molar-refractivity contribution >= 4 is 23.2 Å². The lowest BCUT2D eigenvalue weighted by Crippen LogP contribution is -2.30. The highest BCUT2D eigenvalue weighted by atomic mass is 35.5. The molecule has 0 amide bonds. The van der Waals surface area contributed by atoms with Gasteiger partial charge in [0.15, 0.2) is 0 Å². The first-order chi connectivity index (χ1) is 13.0. The molecule has 1 atom stereocenters. The highest BCUT2D eigenvalue weighted by Crippen LogP contribution is 2.46. The van der Waals surface area contributed by atoms with Crippen LogP contribution in [-0.4, -0.2) is 29.7 Å². The zero-order chi connectivity index (χ0) is 19.4. The lowest BCUT2D eigenvalue weighted by molar-refractivity contribution is 0.259. The van der Waals surface area contributed by atoms with Crippen LogP contribution in [0.5, 0.6) is 0 Å². The topological polar surface area (TPSA) is 29.3 Å². The fraction of sp³-hybridized carbons (Fsp3) is 0.500. The van der Waals surface area contributed by atoms with Crippen molar-refractivity contribution in [3.05, 3.63) is 52.2 Å². The molecule has 1 saturated carbocycles. The summed E-state index contributed by atoms with van der Waals surface area (Å²) in [5, 5.41) is 5.61. The summed E-state index contributed by atoms with van der Waals surface area (Å²) in [6.45, 7) is 11.3. The van der Waals surface area contributed by atoms with Crippen molar-refractivity contribution in [2.75, 3.05) is 19.6 Å². The van der Waals surface area contributed by atoms with Crippen LogP contribution in [0.25, 0.3) is 11.3 Å². The number of nitrogens with zero attached hydrogens (tertiary/aromatic N) is 2. The summed E-state index contributed by atoms with van der Waals surface area (Å²) in [4.78, 5) is 2.45. The average Bonchev–Trinajstić information content (AvgIpc) is 3.41. The largest absolute Gasteiger partial charge is 0.360 e. The number of rotatable bonds is 10. The Morgan fingerprint density at radius 3 is 2.63 bits per heavy atom. The zero-order valence-electron chi connectivity index (χ0n) is 16.2. The van der Waals surface area contributed by atoms with Crippen LogP contribution >= 0.6 is 23.2 Å². The fourth-order valence-electron chi connectivity index (χ4n) is 3.43. The smallest absolute Gasteiger partial charge is 0.143 e. The minimum absolute atomic E-state index is 0.491. The van der Waals surface area contributed by atoms with E-state index in [2.05, 4.69) is 30.5 Å². The molecule has 3 rings (SSSR count). The molecule has 1 aromatic heterocycles. The van der Waals surface area contributed by atoms with Gasteiger partial charge in [-0.3, -0.25) is 4.90 Å². The molecule has 1 aliphatic rings. The maximum atomic E-state index is 6.45. The van der Waals surface area contributed by atoms with E-state index in [1.54, 1.807) is 0 Å². The van der Waals surface area contributed by atoms with E-state index in [0.29, 0.717) is 21.9 Å². The van der Waals surface area contributed by atoms with Crippen molar-refractivity contribution in [2.24, 2.45) is 5.92 Å². The molecule has 0 N–H and O–H groups in total. The molecule has 1 fully saturated rings. The van der Waals surface area contributed by atoms with Gasteiger partial charge in [0.2, 0.25) is 0 Å². The minimum atomic E-state index is 0.491. The summed E-state index contributed by atoms with van der Waals surface area (Å²) < 4.78 is 5.77. The first kappa shape index (κ1) is 20.4. The first-order valence-corrected chi connectivity index (χ1v) is 10.6. The quantitative estimate of drug-likeness (QED) is 0.416. The molecule has 2 aromatic rings. The van der Waals surface area contributed by atoms with Crippen LogP contribution in [0, 0.1) is 5.92 Å². The van der Waals surface area contributed by atoms with Crippen LogP contribution < -0.4 is 0 Å². The summed E-state index contributed by atoms with van der Waals surface area (Å²) in [6.07, 6.45) is 6.36. The maximum absolute atomic E-state index is 6.45. The molecule has 0 aliphatic heterocycles. The van der Waals surface area contributed by atoms with Crippen molar-refractivity contribution in [2.45, 2.75) is 45.4 Å². The molecule has 0 bridgehead atoms. The Morgan fingerprint density at radius 1 is 1.33 bits per heavy atom. The molecule has 0 saturated heterocycles. The SMILES string of the molecule is C=CCN(CCc1c(-c2c(Cl)cccc2Cl)noc1C1CC1)CC(C)CC. The van der Waals surface area contributed by atoms with Gasteiger partial charge in [-0.1, -0.05) is 60.8 Å². The number of benzene rings is 1. The molecule has 0 spiro atoms. The second kappa shape index (κ2) is 9.27. The Balaban J connectivity index is 1.87. The third kappa shape index (κ3) is 4.96. The van der Waals surface area contributed by atoms with Gasteiger partial charge in [0.1, 0.15) is 11.5 Å². The normalized spacial score (nSPS) is 15.3. The van der Waals surface area contributed by atoms with Crippen LogP contribution in [0.1, 0.15) is 50.4 Å². The van der Waals surface area contributed by atoms with E-state index < -0.39 is 0 Å². The van der Waals surface area contributed by atoms with Crippen LogP contribution in [-0.2, 0) is 6.42 Å². The number of hydrogen-bond donors (Lipinski definition) is 0. The van der Waals surface area contributed by atoms with Gasteiger partial charge in [0.25, 0.3) is 0 Å². The third-order valence-electron chi connectivity index (χ3n) is 5.30. The lowest BCUT2D eigenvalue weighted by Gasteiger charge is -2.24. The van der Waals surface area contributed by atoms with E-state index in [0.717, 1.165) is 48.6 Å². The number of aromatic nitrogens is 1. The summed E-state index contributed by atoms with van der Waals surface area (Å²) in [6, 6.07) is 5.56. The van der Waals surface area contributed by atoms with E-state index in [1.807, 2.05) is 24.3 Å². The van der Waals surface area contributed by atoms with E-state index in [-0.39, 0.29) is 0 Å². The van der Waals surface area contributed by atoms with Crippen LogP contribution in [0.15, 0.2) is 35.4 Å².